The second-order valence-corrected chi connectivity index (χ2v) is 6.73. The third kappa shape index (κ3) is 3.14. The van der Waals surface area contributed by atoms with Crippen LogP contribution in [0.2, 0.25) is 0 Å². The number of hydrogen-bond acceptors (Lipinski definition) is 5. The van der Waals surface area contributed by atoms with E-state index in [0.717, 1.165) is 42.6 Å². The molecule has 2 aromatic rings. The Labute approximate surface area is 133 Å². The van der Waals surface area contributed by atoms with Crippen molar-refractivity contribution >= 4 is 17.7 Å². The van der Waals surface area contributed by atoms with Crippen LogP contribution in [0.25, 0.3) is 5.69 Å². The molecule has 0 spiro atoms. The van der Waals surface area contributed by atoms with Gasteiger partial charge < -0.3 is 5.32 Å². The average Bonchev–Trinajstić information content (AvgIpc) is 2.86. The maximum atomic E-state index is 12.1. The minimum absolute atomic E-state index is 0.0815. The summed E-state index contributed by atoms with van der Waals surface area (Å²) in [6.45, 7) is 4.83. The van der Waals surface area contributed by atoms with Crippen LogP contribution >= 0.6 is 11.8 Å². The summed E-state index contributed by atoms with van der Waals surface area (Å²) in [7, 11) is 0. The van der Waals surface area contributed by atoms with Crippen molar-refractivity contribution in [2.75, 3.05) is 6.54 Å². The van der Waals surface area contributed by atoms with Crippen molar-refractivity contribution in [1.82, 2.24) is 25.5 Å². The molecule has 1 N–H and O–H groups in total. The number of aromatic nitrogens is 4. The minimum atomic E-state index is -0.127. The number of carbonyl (C=O) groups excluding carboxylic acids is 1. The van der Waals surface area contributed by atoms with Crippen LogP contribution in [0.1, 0.15) is 30.4 Å². The molecular formula is C15H19N5OS. The zero-order chi connectivity index (χ0) is 15.5. The lowest BCUT2D eigenvalue weighted by Gasteiger charge is -2.13. The molecular weight excluding hydrogens is 298 g/mol. The predicted octanol–water partition coefficient (Wildman–Crippen LogP) is 2.04. The molecule has 0 saturated carbocycles. The van der Waals surface area contributed by atoms with Gasteiger partial charge in [-0.2, -0.15) is 4.68 Å². The highest BCUT2D eigenvalue weighted by Crippen LogP contribution is 2.28. The minimum Gasteiger partial charge on any atom is -0.355 e. The van der Waals surface area contributed by atoms with Gasteiger partial charge in [-0.05, 0) is 54.3 Å². The highest BCUT2D eigenvalue weighted by Gasteiger charge is 2.25. The monoisotopic (exact) mass is 317 g/mol. The average molecular weight is 317 g/mol. The van der Waals surface area contributed by atoms with Gasteiger partial charge in [0.2, 0.25) is 11.1 Å². The molecule has 3 rings (SSSR count). The number of benzene rings is 1. The first-order valence-corrected chi connectivity index (χ1v) is 8.33. The molecule has 0 radical (unpaired) electrons. The van der Waals surface area contributed by atoms with Crippen molar-refractivity contribution in [2.24, 2.45) is 0 Å². The van der Waals surface area contributed by atoms with E-state index >= 15 is 0 Å². The smallest absolute Gasteiger partial charge is 0.233 e. The number of rotatable bonds is 3. The van der Waals surface area contributed by atoms with Gasteiger partial charge in [-0.1, -0.05) is 30.3 Å². The van der Waals surface area contributed by atoms with Crippen molar-refractivity contribution in [3.05, 3.63) is 29.3 Å². The maximum Gasteiger partial charge on any atom is 0.233 e. The molecule has 1 aromatic carbocycles. The maximum absolute atomic E-state index is 12.1. The van der Waals surface area contributed by atoms with Gasteiger partial charge in [0.1, 0.15) is 0 Å². The Morgan fingerprint density at radius 1 is 1.32 bits per heavy atom. The fourth-order valence-electron chi connectivity index (χ4n) is 2.50. The van der Waals surface area contributed by atoms with E-state index in [1.165, 1.54) is 11.8 Å². The van der Waals surface area contributed by atoms with E-state index < -0.39 is 0 Å². The van der Waals surface area contributed by atoms with Gasteiger partial charge in [0.05, 0.1) is 10.9 Å². The number of hydrogen-bond donors (Lipinski definition) is 1. The molecule has 0 unspecified atom stereocenters. The molecule has 116 valence electrons. The van der Waals surface area contributed by atoms with Crippen LogP contribution < -0.4 is 5.32 Å². The number of carbonyl (C=O) groups is 1. The van der Waals surface area contributed by atoms with Crippen molar-refractivity contribution in [3.8, 4) is 5.69 Å². The van der Waals surface area contributed by atoms with Crippen LogP contribution in [0.5, 0.6) is 0 Å². The quantitative estimate of drug-likeness (QED) is 0.938. The third-order valence-corrected chi connectivity index (χ3v) is 4.97. The van der Waals surface area contributed by atoms with E-state index in [4.69, 9.17) is 0 Å². The van der Waals surface area contributed by atoms with E-state index in [0.29, 0.717) is 5.16 Å². The fourth-order valence-corrected chi connectivity index (χ4v) is 3.55. The fraction of sp³-hybridized carbons (Fsp3) is 0.467. The summed E-state index contributed by atoms with van der Waals surface area (Å²) in [5.41, 5.74) is 3.21. The first kappa shape index (κ1) is 15.0. The Balaban J connectivity index is 1.88. The topological polar surface area (TPSA) is 72.7 Å². The van der Waals surface area contributed by atoms with Gasteiger partial charge in [-0.15, -0.1) is 5.10 Å². The van der Waals surface area contributed by atoms with Crippen molar-refractivity contribution in [1.29, 1.82) is 0 Å². The number of thioether (sulfide) groups is 1. The summed E-state index contributed by atoms with van der Waals surface area (Å²) >= 11 is 1.44. The molecule has 1 aliphatic heterocycles. The van der Waals surface area contributed by atoms with Crippen molar-refractivity contribution in [2.45, 2.75) is 43.5 Å². The SMILES string of the molecule is Cc1ccc(C)c(-n2nnnc2S[C@H]2CCCCNC2=O)c1. The summed E-state index contributed by atoms with van der Waals surface area (Å²) < 4.78 is 1.73. The summed E-state index contributed by atoms with van der Waals surface area (Å²) in [6, 6.07) is 6.18. The Hall–Kier alpha value is -1.89. The van der Waals surface area contributed by atoms with E-state index in [1.807, 2.05) is 13.8 Å². The molecule has 0 bridgehead atoms. The Kier molecular flexibility index (Phi) is 4.42. The van der Waals surface area contributed by atoms with Crippen LogP contribution in [-0.2, 0) is 4.79 Å². The zero-order valence-corrected chi connectivity index (χ0v) is 13.6. The van der Waals surface area contributed by atoms with Gasteiger partial charge >= 0.3 is 0 Å². The number of aryl methyl sites for hydroxylation is 2. The summed E-state index contributed by atoms with van der Waals surface area (Å²) in [5, 5.41) is 15.5. The standard InChI is InChI=1S/C15H19N5OS/c1-10-6-7-11(2)12(9-10)20-15(17-18-19-20)22-13-5-3-4-8-16-14(13)21/h6-7,9,13H,3-5,8H2,1-2H3,(H,16,21)/t13-/m0/s1. The van der Waals surface area contributed by atoms with Crippen LogP contribution in [0.3, 0.4) is 0 Å². The first-order valence-electron chi connectivity index (χ1n) is 7.45. The van der Waals surface area contributed by atoms with Gasteiger partial charge in [-0.25, -0.2) is 0 Å². The van der Waals surface area contributed by atoms with Gasteiger partial charge in [0.15, 0.2) is 0 Å². The van der Waals surface area contributed by atoms with Crippen LogP contribution in [0.4, 0.5) is 0 Å². The van der Waals surface area contributed by atoms with E-state index in [1.54, 1.807) is 4.68 Å². The van der Waals surface area contributed by atoms with Gasteiger partial charge in [0.25, 0.3) is 0 Å². The molecule has 2 heterocycles. The van der Waals surface area contributed by atoms with E-state index in [2.05, 4.69) is 39.0 Å². The Morgan fingerprint density at radius 2 is 2.18 bits per heavy atom. The van der Waals surface area contributed by atoms with Crippen LogP contribution in [0, 0.1) is 13.8 Å². The number of nitrogens with zero attached hydrogens (tertiary/aromatic N) is 4. The highest BCUT2D eigenvalue weighted by atomic mass is 32.2. The molecule has 1 atom stereocenters. The number of nitrogens with one attached hydrogen (secondary N) is 1. The zero-order valence-electron chi connectivity index (χ0n) is 12.7. The lowest BCUT2D eigenvalue weighted by atomic mass is 10.1. The third-order valence-electron chi connectivity index (χ3n) is 3.77. The summed E-state index contributed by atoms with van der Waals surface area (Å²) in [4.78, 5) is 12.1. The van der Waals surface area contributed by atoms with E-state index in [-0.39, 0.29) is 11.2 Å². The Bertz CT molecular complexity index is 684. The molecule has 1 aliphatic rings. The number of amides is 1. The molecule has 1 aromatic heterocycles. The molecule has 1 fully saturated rings. The van der Waals surface area contributed by atoms with E-state index in [9.17, 15) is 4.79 Å². The Morgan fingerprint density at radius 3 is 3.05 bits per heavy atom. The molecule has 1 amide bonds. The normalized spacial score (nSPS) is 18.8. The lowest BCUT2D eigenvalue weighted by Crippen LogP contribution is -2.30. The van der Waals surface area contributed by atoms with Gasteiger partial charge in [0, 0.05) is 6.54 Å². The molecule has 0 aliphatic carbocycles. The van der Waals surface area contributed by atoms with Crippen molar-refractivity contribution in [3.63, 3.8) is 0 Å². The second-order valence-electron chi connectivity index (χ2n) is 5.56. The summed E-state index contributed by atoms with van der Waals surface area (Å²) in [5.74, 6) is 0.0815. The van der Waals surface area contributed by atoms with Crippen LogP contribution in [0.15, 0.2) is 23.4 Å². The molecule has 22 heavy (non-hydrogen) atoms. The second kappa shape index (κ2) is 6.48. The highest BCUT2D eigenvalue weighted by molar-refractivity contribution is 8.00. The summed E-state index contributed by atoms with van der Waals surface area (Å²) in [6.07, 6.45) is 2.93. The molecule has 1 saturated heterocycles. The molecule has 6 nitrogen and oxygen atoms in total. The van der Waals surface area contributed by atoms with Gasteiger partial charge in [-0.3, -0.25) is 4.79 Å². The first-order chi connectivity index (χ1) is 10.6. The molecule has 7 heteroatoms. The lowest BCUT2D eigenvalue weighted by molar-refractivity contribution is -0.120. The number of tetrazole rings is 1. The van der Waals surface area contributed by atoms with Crippen LogP contribution in [-0.4, -0.2) is 37.9 Å². The van der Waals surface area contributed by atoms with Crippen molar-refractivity contribution < 1.29 is 4.79 Å². The largest absolute Gasteiger partial charge is 0.355 e. The predicted molar refractivity (Wildman–Crippen MR) is 85.1 cm³/mol.